The molecule has 1 aromatic carbocycles. The Kier molecular flexibility index (Phi) is 5.04. The summed E-state index contributed by atoms with van der Waals surface area (Å²) in [5, 5.41) is 12.9. The lowest BCUT2D eigenvalue weighted by Crippen LogP contribution is -2.10. The van der Waals surface area contributed by atoms with Crippen LogP contribution in [-0.2, 0) is 4.74 Å². The van der Waals surface area contributed by atoms with E-state index in [0.29, 0.717) is 17.4 Å². The summed E-state index contributed by atoms with van der Waals surface area (Å²) in [7, 11) is 1.63. The number of ether oxygens (including phenoxy) is 1. The Balaban J connectivity index is 2.13. The third kappa shape index (κ3) is 3.53. The number of nitrogens with one attached hydrogen (secondary N) is 1. The Morgan fingerprint density at radius 1 is 1.40 bits per heavy atom. The van der Waals surface area contributed by atoms with E-state index in [1.165, 1.54) is 11.5 Å². The molecule has 2 aromatic rings. The SMILES string of the molecule is CO[C@@H](C)c1nsc(N[C@H](CC#N)c2ccccc2)n1. The molecule has 0 radical (unpaired) electrons. The van der Waals surface area contributed by atoms with Crippen LogP contribution in [0.25, 0.3) is 0 Å². The molecule has 0 spiro atoms. The molecular formula is C14H16N4OS. The zero-order valence-corrected chi connectivity index (χ0v) is 12.2. The van der Waals surface area contributed by atoms with Crippen LogP contribution in [0, 0.1) is 11.3 Å². The lowest BCUT2D eigenvalue weighted by Gasteiger charge is -2.14. The second-order valence-electron chi connectivity index (χ2n) is 4.31. The van der Waals surface area contributed by atoms with Crippen LogP contribution in [0.4, 0.5) is 5.13 Å². The Hall–Kier alpha value is -1.97. The van der Waals surface area contributed by atoms with Gasteiger partial charge in [-0.05, 0) is 12.5 Å². The molecule has 0 amide bonds. The van der Waals surface area contributed by atoms with Gasteiger partial charge in [-0.15, -0.1) is 0 Å². The van der Waals surface area contributed by atoms with Crippen molar-refractivity contribution < 1.29 is 4.74 Å². The van der Waals surface area contributed by atoms with Crippen LogP contribution in [0.1, 0.15) is 36.9 Å². The minimum atomic E-state index is -0.132. The fourth-order valence-electron chi connectivity index (χ4n) is 1.74. The summed E-state index contributed by atoms with van der Waals surface area (Å²) in [5.74, 6) is 0.656. The van der Waals surface area contributed by atoms with Gasteiger partial charge in [0, 0.05) is 18.6 Å². The van der Waals surface area contributed by atoms with E-state index >= 15 is 0 Å². The maximum atomic E-state index is 8.96. The number of nitriles is 1. The van der Waals surface area contributed by atoms with Gasteiger partial charge in [-0.1, -0.05) is 30.3 Å². The topological polar surface area (TPSA) is 70.8 Å². The first-order valence-electron chi connectivity index (χ1n) is 6.29. The summed E-state index contributed by atoms with van der Waals surface area (Å²) in [6.45, 7) is 1.90. The third-order valence-electron chi connectivity index (χ3n) is 2.95. The average molecular weight is 288 g/mol. The van der Waals surface area contributed by atoms with Crippen molar-refractivity contribution in [3.05, 3.63) is 41.7 Å². The van der Waals surface area contributed by atoms with Crippen molar-refractivity contribution in [2.45, 2.75) is 25.5 Å². The van der Waals surface area contributed by atoms with Gasteiger partial charge in [-0.25, -0.2) is 4.98 Å². The largest absolute Gasteiger partial charge is 0.374 e. The molecule has 0 saturated carbocycles. The molecule has 5 nitrogen and oxygen atoms in total. The van der Waals surface area contributed by atoms with Gasteiger partial charge in [0.1, 0.15) is 6.10 Å². The normalized spacial score (nSPS) is 13.4. The van der Waals surface area contributed by atoms with E-state index in [4.69, 9.17) is 10.00 Å². The van der Waals surface area contributed by atoms with E-state index in [1.54, 1.807) is 7.11 Å². The van der Waals surface area contributed by atoms with Crippen LogP contribution in [0.5, 0.6) is 0 Å². The van der Waals surface area contributed by atoms with Gasteiger partial charge in [-0.3, -0.25) is 0 Å². The van der Waals surface area contributed by atoms with E-state index in [0.717, 1.165) is 5.56 Å². The van der Waals surface area contributed by atoms with Gasteiger partial charge in [0.2, 0.25) is 5.13 Å². The van der Waals surface area contributed by atoms with Crippen LogP contribution in [0.2, 0.25) is 0 Å². The van der Waals surface area contributed by atoms with Crippen molar-refractivity contribution in [2.24, 2.45) is 0 Å². The number of aromatic nitrogens is 2. The molecule has 0 saturated heterocycles. The van der Waals surface area contributed by atoms with E-state index < -0.39 is 0 Å². The van der Waals surface area contributed by atoms with Crippen LogP contribution >= 0.6 is 11.5 Å². The Labute approximate surface area is 122 Å². The molecule has 0 aliphatic heterocycles. The van der Waals surface area contributed by atoms with Gasteiger partial charge in [0.15, 0.2) is 5.82 Å². The number of hydrogen-bond acceptors (Lipinski definition) is 6. The highest BCUT2D eigenvalue weighted by Crippen LogP contribution is 2.25. The molecular weight excluding hydrogens is 272 g/mol. The number of methoxy groups -OCH3 is 1. The van der Waals surface area contributed by atoms with Crippen molar-refractivity contribution in [3.63, 3.8) is 0 Å². The molecule has 1 N–H and O–H groups in total. The molecule has 6 heteroatoms. The molecule has 1 aromatic heterocycles. The molecule has 2 atom stereocenters. The third-order valence-corrected chi connectivity index (χ3v) is 3.61. The van der Waals surface area contributed by atoms with Crippen molar-refractivity contribution in [1.29, 1.82) is 5.26 Å². The average Bonchev–Trinajstić information content (AvgIpc) is 2.95. The van der Waals surface area contributed by atoms with Gasteiger partial charge >= 0.3 is 0 Å². The fraction of sp³-hybridized carbons (Fsp3) is 0.357. The summed E-state index contributed by atoms with van der Waals surface area (Å²) < 4.78 is 9.44. The zero-order chi connectivity index (χ0) is 14.4. The van der Waals surface area contributed by atoms with Gasteiger partial charge in [-0.2, -0.15) is 9.64 Å². The number of nitrogens with zero attached hydrogens (tertiary/aromatic N) is 3. The molecule has 0 unspecified atom stereocenters. The van der Waals surface area contributed by atoms with Crippen molar-refractivity contribution in [3.8, 4) is 6.07 Å². The summed E-state index contributed by atoms with van der Waals surface area (Å²) in [5.41, 5.74) is 1.06. The minimum absolute atomic E-state index is 0.0835. The summed E-state index contributed by atoms with van der Waals surface area (Å²) in [4.78, 5) is 4.39. The summed E-state index contributed by atoms with van der Waals surface area (Å²) in [6, 6.07) is 12.0. The summed E-state index contributed by atoms with van der Waals surface area (Å²) >= 11 is 1.28. The Bertz CT molecular complexity index is 578. The zero-order valence-electron chi connectivity index (χ0n) is 11.4. The molecule has 20 heavy (non-hydrogen) atoms. The molecule has 0 aliphatic rings. The highest BCUT2D eigenvalue weighted by Gasteiger charge is 2.15. The molecule has 2 rings (SSSR count). The van der Waals surface area contributed by atoms with E-state index in [9.17, 15) is 0 Å². The van der Waals surface area contributed by atoms with Crippen molar-refractivity contribution >= 4 is 16.7 Å². The molecule has 0 bridgehead atoms. The first kappa shape index (κ1) is 14.4. The fourth-order valence-corrected chi connectivity index (χ4v) is 2.44. The predicted octanol–water partition coefficient (Wildman–Crippen LogP) is 3.31. The highest BCUT2D eigenvalue weighted by atomic mass is 32.1. The highest BCUT2D eigenvalue weighted by molar-refractivity contribution is 7.09. The number of hydrogen-bond donors (Lipinski definition) is 1. The number of anilines is 1. The monoisotopic (exact) mass is 288 g/mol. The Morgan fingerprint density at radius 3 is 2.80 bits per heavy atom. The standard InChI is InChI=1S/C14H16N4OS/c1-10(19-2)13-17-14(20-18-13)16-12(8-9-15)11-6-4-3-5-7-11/h3-7,10,12H,8H2,1-2H3,(H,16,17,18)/t10-,12+/m0/s1. The maximum absolute atomic E-state index is 8.96. The lowest BCUT2D eigenvalue weighted by atomic mass is 10.1. The molecule has 1 heterocycles. The smallest absolute Gasteiger partial charge is 0.203 e. The van der Waals surface area contributed by atoms with Crippen LogP contribution in [0.15, 0.2) is 30.3 Å². The minimum Gasteiger partial charge on any atom is -0.374 e. The number of benzene rings is 1. The van der Waals surface area contributed by atoms with Crippen molar-refractivity contribution in [1.82, 2.24) is 9.36 Å². The van der Waals surface area contributed by atoms with Crippen molar-refractivity contribution in [2.75, 3.05) is 12.4 Å². The molecule has 0 fully saturated rings. The maximum Gasteiger partial charge on any atom is 0.203 e. The van der Waals surface area contributed by atoms with Crippen LogP contribution in [-0.4, -0.2) is 16.5 Å². The molecule has 0 aliphatic carbocycles. The van der Waals surface area contributed by atoms with Crippen LogP contribution in [0.3, 0.4) is 0 Å². The first-order chi connectivity index (χ1) is 9.74. The first-order valence-corrected chi connectivity index (χ1v) is 7.06. The van der Waals surface area contributed by atoms with E-state index in [-0.39, 0.29) is 12.1 Å². The molecule has 104 valence electrons. The van der Waals surface area contributed by atoms with E-state index in [1.807, 2.05) is 37.3 Å². The lowest BCUT2D eigenvalue weighted by molar-refractivity contribution is 0.113. The number of rotatable bonds is 6. The second-order valence-corrected chi connectivity index (χ2v) is 5.06. The second kappa shape index (κ2) is 6.98. The Morgan fingerprint density at radius 2 is 2.15 bits per heavy atom. The van der Waals surface area contributed by atoms with Gasteiger partial charge in [0.05, 0.1) is 18.5 Å². The van der Waals surface area contributed by atoms with E-state index in [2.05, 4.69) is 20.7 Å². The van der Waals surface area contributed by atoms with Crippen LogP contribution < -0.4 is 5.32 Å². The van der Waals surface area contributed by atoms with Gasteiger partial charge in [0.25, 0.3) is 0 Å². The predicted molar refractivity (Wildman–Crippen MR) is 78.4 cm³/mol. The summed E-state index contributed by atoms with van der Waals surface area (Å²) in [6.07, 6.45) is 0.242. The van der Waals surface area contributed by atoms with Gasteiger partial charge < -0.3 is 10.1 Å². The quantitative estimate of drug-likeness (QED) is 0.883.